The summed E-state index contributed by atoms with van der Waals surface area (Å²) in [6, 6.07) is 14.1. The Hall–Kier alpha value is -2.57. The number of nitrogens with one attached hydrogen (secondary N) is 2. The van der Waals surface area contributed by atoms with Crippen LogP contribution >= 0.6 is 11.6 Å². The second-order valence-corrected chi connectivity index (χ2v) is 6.14. The summed E-state index contributed by atoms with van der Waals surface area (Å²) in [5, 5.41) is 5.87. The summed E-state index contributed by atoms with van der Waals surface area (Å²) in [4.78, 5) is 24.3. The summed E-state index contributed by atoms with van der Waals surface area (Å²) in [5.41, 5.74) is 0.707. The van der Waals surface area contributed by atoms with Crippen LogP contribution in [0.1, 0.15) is 23.7 Å². The third-order valence-corrected chi connectivity index (χ3v) is 3.74. The maximum absolute atomic E-state index is 12.2. The number of hydrogen-bond acceptors (Lipinski definition) is 4. The Morgan fingerprint density at radius 2 is 1.85 bits per heavy atom. The SMILES string of the molecule is CCCNC(=O)c1ccc(Cl)cc1NC(=O)COCCOc1ccccc1. The zero-order chi connectivity index (χ0) is 19.5. The second-order valence-electron chi connectivity index (χ2n) is 5.71. The lowest BCUT2D eigenvalue weighted by Crippen LogP contribution is -2.27. The third kappa shape index (κ3) is 7.29. The van der Waals surface area contributed by atoms with Gasteiger partial charge in [0.2, 0.25) is 5.91 Å². The highest BCUT2D eigenvalue weighted by Crippen LogP contribution is 2.21. The van der Waals surface area contributed by atoms with E-state index in [2.05, 4.69) is 10.6 Å². The van der Waals surface area contributed by atoms with Crippen LogP contribution in [0.4, 0.5) is 5.69 Å². The Morgan fingerprint density at radius 3 is 2.59 bits per heavy atom. The average molecular weight is 391 g/mol. The highest BCUT2D eigenvalue weighted by molar-refractivity contribution is 6.31. The van der Waals surface area contributed by atoms with Gasteiger partial charge in [0.15, 0.2) is 0 Å². The van der Waals surface area contributed by atoms with E-state index in [1.165, 1.54) is 0 Å². The molecule has 27 heavy (non-hydrogen) atoms. The lowest BCUT2D eigenvalue weighted by atomic mass is 10.1. The van der Waals surface area contributed by atoms with E-state index < -0.39 is 0 Å². The molecule has 0 saturated carbocycles. The number of halogens is 1. The zero-order valence-corrected chi connectivity index (χ0v) is 15.9. The van der Waals surface area contributed by atoms with Crippen LogP contribution in [-0.4, -0.2) is 38.2 Å². The minimum Gasteiger partial charge on any atom is -0.491 e. The number of rotatable bonds is 10. The molecular formula is C20H23ClN2O4. The molecule has 6 nitrogen and oxygen atoms in total. The van der Waals surface area contributed by atoms with Crippen LogP contribution in [0.15, 0.2) is 48.5 Å². The van der Waals surface area contributed by atoms with Gasteiger partial charge in [0.1, 0.15) is 19.0 Å². The number of amides is 2. The maximum Gasteiger partial charge on any atom is 0.253 e. The van der Waals surface area contributed by atoms with E-state index in [0.717, 1.165) is 12.2 Å². The summed E-state index contributed by atoms with van der Waals surface area (Å²) >= 11 is 5.98. The summed E-state index contributed by atoms with van der Waals surface area (Å²) < 4.78 is 10.8. The highest BCUT2D eigenvalue weighted by Gasteiger charge is 2.14. The van der Waals surface area contributed by atoms with Gasteiger partial charge in [-0.3, -0.25) is 9.59 Å². The van der Waals surface area contributed by atoms with Gasteiger partial charge in [-0.2, -0.15) is 0 Å². The van der Waals surface area contributed by atoms with E-state index in [0.29, 0.717) is 29.4 Å². The molecule has 2 aromatic rings. The fraction of sp³-hybridized carbons (Fsp3) is 0.300. The molecule has 0 radical (unpaired) electrons. The molecule has 2 rings (SSSR count). The molecule has 0 aliphatic carbocycles. The van der Waals surface area contributed by atoms with Crippen LogP contribution in [0.2, 0.25) is 5.02 Å². The first-order chi connectivity index (χ1) is 13.1. The Labute approximate surface area is 163 Å². The van der Waals surface area contributed by atoms with Gasteiger partial charge in [-0.05, 0) is 36.8 Å². The molecular weight excluding hydrogens is 368 g/mol. The second kappa shape index (κ2) is 11.2. The topological polar surface area (TPSA) is 76.7 Å². The van der Waals surface area contributed by atoms with E-state index in [1.54, 1.807) is 18.2 Å². The molecule has 0 aromatic heterocycles. The number of ether oxygens (including phenoxy) is 2. The van der Waals surface area contributed by atoms with Gasteiger partial charge in [0, 0.05) is 11.6 Å². The number of hydrogen-bond donors (Lipinski definition) is 2. The fourth-order valence-electron chi connectivity index (χ4n) is 2.24. The van der Waals surface area contributed by atoms with Gasteiger partial charge in [-0.25, -0.2) is 0 Å². The third-order valence-electron chi connectivity index (χ3n) is 3.51. The number of anilines is 1. The van der Waals surface area contributed by atoms with Crippen molar-refractivity contribution in [1.82, 2.24) is 5.32 Å². The molecule has 0 fully saturated rings. The average Bonchev–Trinajstić information content (AvgIpc) is 2.66. The maximum atomic E-state index is 12.2. The zero-order valence-electron chi connectivity index (χ0n) is 15.2. The molecule has 0 unspecified atom stereocenters. The van der Waals surface area contributed by atoms with Gasteiger partial charge < -0.3 is 20.1 Å². The molecule has 7 heteroatoms. The van der Waals surface area contributed by atoms with E-state index in [4.69, 9.17) is 21.1 Å². The van der Waals surface area contributed by atoms with Crippen molar-refractivity contribution >= 4 is 29.1 Å². The van der Waals surface area contributed by atoms with E-state index >= 15 is 0 Å². The van der Waals surface area contributed by atoms with Crippen molar-refractivity contribution in [3.8, 4) is 5.75 Å². The molecule has 0 aliphatic heterocycles. The van der Waals surface area contributed by atoms with Crippen molar-refractivity contribution in [3.05, 3.63) is 59.1 Å². The molecule has 2 aromatic carbocycles. The van der Waals surface area contributed by atoms with Gasteiger partial charge in [-0.15, -0.1) is 0 Å². The predicted molar refractivity (Wildman–Crippen MR) is 105 cm³/mol. The first kappa shape index (κ1) is 20.7. The molecule has 0 atom stereocenters. The normalized spacial score (nSPS) is 10.3. The Morgan fingerprint density at radius 1 is 1.07 bits per heavy atom. The van der Waals surface area contributed by atoms with Gasteiger partial charge in [0.05, 0.1) is 17.9 Å². The van der Waals surface area contributed by atoms with E-state index in [9.17, 15) is 9.59 Å². The largest absolute Gasteiger partial charge is 0.491 e. The van der Waals surface area contributed by atoms with Crippen molar-refractivity contribution in [2.75, 3.05) is 31.7 Å². The van der Waals surface area contributed by atoms with Gasteiger partial charge in [-0.1, -0.05) is 36.7 Å². The van der Waals surface area contributed by atoms with Crippen LogP contribution in [0, 0.1) is 0 Å². The van der Waals surface area contributed by atoms with Gasteiger partial charge in [0.25, 0.3) is 5.91 Å². The molecule has 0 bridgehead atoms. The van der Waals surface area contributed by atoms with Gasteiger partial charge >= 0.3 is 0 Å². The molecule has 2 amide bonds. The number of para-hydroxylation sites is 1. The number of benzene rings is 2. The van der Waals surface area contributed by atoms with Crippen molar-refractivity contribution in [3.63, 3.8) is 0 Å². The highest BCUT2D eigenvalue weighted by atomic mass is 35.5. The predicted octanol–water partition coefficient (Wildman–Crippen LogP) is 3.51. The van der Waals surface area contributed by atoms with Crippen LogP contribution in [0.3, 0.4) is 0 Å². The Balaban J connectivity index is 1.80. The van der Waals surface area contributed by atoms with Crippen molar-refractivity contribution < 1.29 is 19.1 Å². The number of carbonyl (C=O) groups is 2. The van der Waals surface area contributed by atoms with Crippen molar-refractivity contribution in [2.24, 2.45) is 0 Å². The van der Waals surface area contributed by atoms with E-state index in [-0.39, 0.29) is 25.0 Å². The Bertz CT molecular complexity index is 753. The summed E-state index contributed by atoms with van der Waals surface area (Å²) in [7, 11) is 0. The standard InChI is InChI=1S/C20H23ClN2O4/c1-2-10-22-20(25)17-9-8-15(21)13-18(17)23-19(24)14-26-11-12-27-16-6-4-3-5-7-16/h3-9,13H,2,10-12,14H2,1H3,(H,22,25)(H,23,24). The molecule has 0 aliphatic rings. The first-order valence-electron chi connectivity index (χ1n) is 8.73. The lowest BCUT2D eigenvalue weighted by Gasteiger charge is -2.12. The van der Waals surface area contributed by atoms with Crippen LogP contribution in [-0.2, 0) is 9.53 Å². The van der Waals surface area contributed by atoms with Crippen molar-refractivity contribution in [2.45, 2.75) is 13.3 Å². The number of carbonyl (C=O) groups excluding carboxylic acids is 2. The first-order valence-corrected chi connectivity index (χ1v) is 9.11. The molecule has 0 heterocycles. The molecule has 2 N–H and O–H groups in total. The molecule has 144 valence electrons. The Kier molecular flexibility index (Phi) is 8.61. The minimum absolute atomic E-state index is 0.152. The molecule has 0 spiro atoms. The van der Waals surface area contributed by atoms with Crippen LogP contribution in [0.25, 0.3) is 0 Å². The summed E-state index contributed by atoms with van der Waals surface area (Å²) in [6.07, 6.45) is 0.819. The minimum atomic E-state index is -0.374. The summed E-state index contributed by atoms with van der Waals surface area (Å²) in [5.74, 6) is 0.106. The van der Waals surface area contributed by atoms with E-state index in [1.807, 2.05) is 37.3 Å². The lowest BCUT2D eigenvalue weighted by molar-refractivity contribution is -0.120. The van der Waals surface area contributed by atoms with Crippen LogP contribution < -0.4 is 15.4 Å². The quantitative estimate of drug-likeness (QED) is 0.608. The fourth-order valence-corrected chi connectivity index (χ4v) is 2.41. The monoisotopic (exact) mass is 390 g/mol. The van der Waals surface area contributed by atoms with Crippen LogP contribution in [0.5, 0.6) is 5.75 Å². The smallest absolute Gasteiger partial charge is 0.253 e. The van der Waals surface area contributed by atoms with Crippen molar-refractivity contribution in [1.29, 1.82) is 0 Å². The summed E-state index contributed by atoms with van der Waals surface area (Å²) in [6.45, 7) is 2.96. The molecule has 0 saturated heterocycles.